The molecule has 0 aromatic heterocycles. The smallest absolute Gasteiger partial charge is 0.246 e. The van der Waals surface area contributed by atoms with Gasteiger partial charge in [-0.05, 0) is 23.3 Å². The molecule has 0 saturated carbocycles. The maximum Gasteiger partial charge on any atom is 0.246 e. The highest BCUT2D eigenvalue weighted by molar-refractivity contribution is 5.93. The molecule has 2 aromatic carbocycles. The molecule has 1 heterocycles. The Labute approximate surface area is 154 Å². The normalized spacial score (nSPS) is 14.9. The first kappa shape index (κ1) is 17.7. The van der Waals surface area contributed by atoms with Crippen molar-refractivity contribution in [1.29, 1.82) is 0 Å². The number of piperazine rings is 1. The van der Waals surface area contributed by atoms with E-state index in [9.17, 15) is 9.59 Å². The van der Waals surface area contributed by atoms with E-state index in [0.717, 1.165) is 11.1 Å². The predicted molar refractivity (Wildman–Crippen MR) is 104 cm³/mol. The van der Waals surface area contributed by atoms with Gasteiger partial charge >= 0.3 is 0 Å². The van der Waals surface area contributed by atoms with Crippen molar-refractivity contribution in [3.8, 4) is 0 Å². The molecule has 0 spiro atoms. The maximum absolute atomic E-state index is 12.3. The fourth-order valence-corrected chi connectivity index (χ4v) is 2.82. The summed E-state index contributed by atoms with van der Waals surface area (Å²) in [5.41, 5.74) is 2.00. The second-order valence-corrected chi connectivity index (χ2v) is 6.14. The van der Waals surface area contributed by atoms with E-state index in [4.69, 9.17) is 0 Å². The van der Waals surface area contributed by atoms with Gasteiger partial charge in [-0.2, -0.15) is 0 Å². The van der Waals surface area contributed by atoms with Gasteiger partial charge in [-0.15, -0.1) is 0 Å². The van der Waals surface area contributed by atoms with E-state index < -0.39 is 0 Å². The lowest BCUT2D eigenvalue weighted by Crippen LogP contribution is -2.49. The van der Waals surface area contributed by atoms with Gasteiger partial charge in [0, 0.05) is 38.3 Å². The Morgan fingerprint density at radius 2 is 0.962 bits per heavy atom. The van der Waals surface area contributed by atoms with Crippen molar-refractivity contribution in [3.63, 3.8) is 0 Å². The van der Waals surface area contributed by atoms with Gasteiger partial charge in [0.1, 0.15) is 0 Å². The molecule has 0 aliphatic carbocycles. The van der Waals surface area contributed by atoms with Crippen LogP contribution in [0.15, 0.2) is 72.8 Å². The van der Waals surface area contributed by atoms with Gasteiger partial charge in [-0.25, -0.2) is 0 Å². The molecule has 3 rings (SSSR count). The summed E-state index contributed by atoms with van der Waals surface area (Å²) >= 11 is 0. The molecule has 132 valence electrons. The van der Waals surface area contributed by atoms with Crippen LogP contribution in [0.2, 0.25) is 0 Å². The van der Waals surface area contributed by atoms with Crippen molar-refractivity contribution < 1.29 is 9.59 Å². The average Bonchev–Trinajstić information content (AvgIpc) is 2.72. The molecule has 1 aliphatic heterocycles. The Bertz CT molecular complexity index is 720. The zero-order chi connectivity index (χ0) is 18.2. The topological polar surface area (TPSA) is 40.6 Å². The first-order valence-electron chi connectivity index (χ1n) is 8.76. The minimum absolute atomic E-state index is 0.0132. The lowest BCUT2D eigenvalue weighted by Gasteiger charge is -2.33. The van der Waals surface area contributed by atoms with Gasteiger partial charge in [0.05, 0.1) is 0 Å². The van der Waals surface area contributed by atoms with Crippen LogP contribution >= 0.6 is 0 Å². The van der Waals surface area contributed by atoms with Crippen LogP contribution in [0.5, 0.6) is 0 Å². The van der Waals surface area contributed by atoms with Gasteiger partial charge in [0.25, 0.3) is 0 Å². The Morgan fingerprint density at radius 3 is 1.31 bits per heavy atom. The number of carbonyl (C=O) groups excluding carboxylic acids is 2. The van der Waals surface area contributed by atoms with Crippen LogP contribution in [-0.4, -0.2) is 47.8 Å². The molecule has 0 radical (unpaired) electrons. The number of benzene rings is 2. The second-order valence-electron chi connectivity index (χ2n) is 6.14. The lowest BCUT2D eigenvalue weighted by atomic mass is 10.2. The van der Waals surface area contributed by atoms with Gasteiger partial charge < -0.3 is 9.80 Å². The zero-order valence-electron chi connectivity index (χ0n) is 14.6. The SMILES string of the molecule is O=C(/C=C/c1ccccc1)N1CCN(C(=O)/C=C/c2ccccc2)CC1. The molecule has 2 amide bonds. The molecule has 1 saturated heterocycles. The number of hydrogen-bond donors (Lipinski definition) is 0. The molecular weight excluding hydrogens is 324 g/mol. The first-order valence-corrected chi connectivity index (χ1v) is 8.76. The highest BCUT2D eigenvalue weighted by atomic mass is 16.2. The summed E-state index contributed by atoms with van der Waals surface area (Å²) < 4.78 is 0. The van der Waals surface area contributed by atoms with Crippen molar-refractivity contribution in [2.24, 2.45) is 0 Å². The minimum Gasteiger partial charge on any atom is -0.336 e. The minimum atomic E-state index is -0.0132. The van der Waals surface area contributed by atoms with Gasteiger partial charge in [0.15, 0.2) is 0 Å². The fraction of sp³-hybridized carbons (Fsp3) is 0.182. The van der Waals surface area contributed by atoms with E-state index in [2.05, 4.69) is 0 Å². The quantitative estimate of drug-likeness (QED) is 0.798. The molecular formula is C22H22N2O2. The van der Waals surface area contributed by atoms with E-state index in [1.807, 2.05) is 72.8 Å². The number of rotatable bonds is 4. The fourth-order valence-electron chi connectivity index (χ4n) is 2.82. The third-order valence-electron chi connectivity index (χ3n) is 4.34. The Morgan fingerprint density at radius 1 is 0.615 bits per heavy atom. The number of hydrogen-bond acceptors (Lipinski definition) is 2. The van der Waals surface area contributed by atoms with Gasteiger partial charge in [-0.3, -0.25) is 9.59 Å². The van der Waals surface area contributed by atoms with Crippen molar-refractivity contribution in [2.75, 3.05) is 26.2 Å². The summed E-state index contributed by atoms with van der Waals surface area (Å²) in [6, 6.07) is 19.5. The summed E-state index contributed by atoms with van der Waals surface area (Å²) in [4.78, 5) is 28.1. The Kier molecular flexibility index (Phi) is 5.99. The maximum atomic E-state index is 12.3. The summed E-state index contributed by atoms with van der Waals surface area (Å²) in [5.74, 6) is -0.0263. The molecule has 0 unspecified atom stereocenters. The van der Waals surface area contributed by atoms with Crippen molar-refractivity contribution in [2.45, 2.75) is 0 Å². The monoisotopic (exact) mass is 346 g/mol. The molecule has 0 N–H and O–H groups in total. The largest absolute Gasteiger partial charge is 0.336 e. The Balaban J connectivity index is 1.49. The molecule has 1 aliphatic rings. The first-order chi connectivity index (χ1) is 12.7. The highest BCUT2D eigenvalue weighted by Gasteiger charge is 2.21. The summed E-state index contributed by atoms with van der Waals surface area (Å²) in [5, 5.41) is 0. The summed E-state index contributed by atoms with van der Waals surface area (Å²) in [7, 11) is 0. The average molecular weight is 346 g/mol. The zero-order valence-corrected chi connectivity index (χ0v) is 14.6. The van der Waals surface area contributed by atoms with E-state index in [1.54, 1.807) is 22.0 Å². The van der Waals surface area contributed by atoms with Crippen LogP contribution in [0.3, 0.4) is 0 Å². The number of nitrogens with zero attached hydrogens (tertiary/aromatic N) is 2. The van der Waals surface area contributed by atoms with Crippen LogP contribution < -0.4 is 0 Å². The van der Waals surface area contributed by atoms with Crippen LogP contribution in [0.1, 0.15) is 11.1 Å². The lowest BCUT2D eigenvalue weighted by molar-refractivity contribution is -0.133. The van der Waals surface area contributed by atoms with Crippen LogP contribution in [0.4, 0.5) is 0 Å². The van der Waals surface area contributed by atoms with Crippen molar-refractivity contribution in [3.05, 3.63) is 83.9 Å². The third-order valence-corrected chi connectivity index (χ3v) is 4.34. The van der Waals surface area contributed by atoms with Crippen molar-refractivity contribution in [1.82, 2.24) is 9.80 Å². The van der Waals surface area contributed by atoms with E-state index in [0.29, 0.717) is 26.2 Å². The molecule has 0 atom stereocenters. The number of amides is 2. The molecule has 26 heavy (non-hydrogen) atoms. The van der Waals surface area contributed by atoms with Crippen LogP contribution in [0, 0.1) is 0 Å². The van der Waals surface area contributed by atoms with Gasteiger partial charge in [-0.1, -0.05) is 60.7 Å². The molecule has 2 aromatic rings. The standard InChI is InChI=1S/C22H22N2O2/c25-21(13-11-19-7-3-1-4-8-19)23-15-17-24(18-16-23)22(26)14-12-20-9-5-2-6-10-20/h1-14H,15-18H2/b13-11+,14-12+. The second kappa shape index (κ2) is 8.81. The molecule has 4 nitrogen and oxygen atoms in total. The summed E-state index contributed by atoms with van der Waals surface area (Å²) in [6.45, 7) is 2.23. The van der Waals surface area contributed by atoms with E-state index in [1.165, 1.54) is 0 Å². The molecule has 1 fully saturated rings. The van der Waals surface area contributed by atoms with E-state index >= 15 is 0 Å². The number of carbonyl (C=O) groups is 2. The van der Waals surface area contributed by atoms with E-state index in [-0.39, 0.29) is 11.8 Å². The molecule has 4 heteroatoms. The Hall–Kier alpha value is -3.14. The highest BCUT2D eigenvalue weighted by Crippen LogP contribution is 2.07. The van der Waals surface area contributed by atoms with Crippen LogP contribution in [-0.2, 0) is 9.59 Å². The van der Waals surface area contributed by atoms with Crippen molar-refractivity contribution >= 4 is 24.0 Å². The third kappa shape index (κ3) is 4.93. The summed E-state index contributed by atoms with van der Waals surface area (Å²) in [6.07, 6.45) is 6.84. The van der Waals surface area contributed by atoms with Gasteiger partial charge in [0.2, 0.25) is 11.8 Å². The molecule has 0 bridgehead atoms. The van der Waals surface area contributed by atoms with Crippen LogP contribution in [0.25, 0.3) is 12.2 Å². The predicted octanol–water partition coefficient (Wildman–Crippen LogP) is 3.08.